The minimum atomic E-state index is -0.110. The van der Waals surface area contributed by atoms with Gasteiger partial charge in [0.25, 0.3) is 0 Å². The summed E-state index contributed by atoms with van der Waals surface area (Å²) in [6.45, 7) is 1.01. The van der Waals surface area contributed by atoms with Crippen molar-refractivity contribution in [2.24, 2.45) is 11.8 Å². The molecule has 2 bridgehead atoms. The van der Waals surface area contributed by atoms with Gasteiger partial charge >= 0.3 is 5.97 Å². The molecule has 2 saturated heterocycles. The molecule has 4 heteroatoms. The highest BCUT2D eigenvalue weighted by Crippen LogP contribution is 2.40. The van der Waals surface area contributed by atoms with E-state index in [1.165, 1.54) is 26.4 Å². The number of hydrogen-bond acceptors (Lipinski definition) is 4. The number of rotatable bonds is 5. The van der Waals surface area contributed by atoms with E-state index in [0.29, 0.717) is 0 Å². The molecule has 0 aromatic heterocycles. The van der Waals surface area contributed by atoms with Gasteiger partial charge in [0, 0.05) is 6.04 Å². The summed E-state index contributed by atoms with van der Waals surface area (Å²) in [5.41, 5.74) is 0. The number of nitrogens with one attached hydrogen (secondary N) is 1. The number of carbonyl (C=O) groups is 1. The van der Waals surface area contributed by atoms with Crippen LogP contribution in [0, 0.1) is 11.8 Å². The SMILES string of the molecule is COC(=O)C1C2CCC(O2)C1NCCC1CC1. The molecule has 2 heterocycles. The van der Waals surface area contributed by atoms with Gasteiger partial charge in [-0.15, -0.1) is 0 Å². The monoisotopic (exact) mass is 239 g/mol. The molecule has 0 aromatic carbocycles. The fraction of sp³-hybridized carbons (Fsp3) is 0.923. The Morgan fingerprint density at radius 1 is 1.29 bits per heavy atom. The highest BCUT2D eigenvalue weighted by molar-refractivity contribution is 5.74. The van der Waals surface area contributed by atoms with Crippen molar-refractivity contribution in [3.63, 3.8) is 0 Å². The third-order valence-corrected chi connectivity index (χ3v) is 4.38. The van der Waals surface area contributed by atoms with Crippen molar-refractivity contribution in [2.45, 2.75) is 50.4 Å². The average Bonchev–Trinajstić information content (AvgIpc) is 2.95. The largest absolute Gasteiger partial charge is 0.469 e. The van der Waals surface area contributed by atoms with Crippen molar-refractivity contribution in [3.8, 4) is 0 Å². The summed E-state index contributed by atoms with van der Waals surface area (Å²) in [7, 11) is 1.47. The number of methoxy groups -OCH3 is 1. The Bertz CT molecular complexity index is 303. The maximum Gasteiger partial charge on any atom is 0.313 e. The molecule has 3 rings (SSSR count). The zero-order valence-corrected chi connectivity index (χ0v) is 10.4. The Morgan fingerprint density at radius 3 is 2.76 bits per heavy atom. The topological polar surface area (TPSA) is 47.6 Å². The second kappa shape index (κ2) is 4.58. The van der Waals surface area contributed by atoms with Gasteiger partial charge in [-0.05, 0) is 31.7 Å². The van der Waals surface area contributed by atoms with E-state index in [0.717, 1.165) is 25.3 Å². The van der Waals surface area contributed by atoms with Gasteiger partial charge in [0.05, 0.1) is 19.3 Å². The van der Waals surface area contributed by atoms with E-state index in [1.54, 1.807) is 0 Å². The molecular formula is C13H21NO3. The van der Waals surface area contributed by atoms with Crippen LogP contribution in [-0.4, -0.2) is 37.9 Å². The quantitative estimate of drug-likeness (QED) is 0.730. The summed E-state index contributed by atoms with van der Waals surface area (Å²) >= 11 is 0. The molecule has 4 nitrogen and oxygen atoms in total. The van der Waals surface area contributed by atoms with Gasteiger partial charge in [-0.3, -0.25) is 4.79 Å². The maximum absolute atomic E-state index is 11.8. The van der Waals surface area contributed by atoms with Crippen LogP contribution in [-0.2, 0) is 14.3 Å². The average molecular weight is 239 g/mol. The summed E-state index contributed by atoms with van der Waals surface area (Å²) in [4.78, 5) is 11.8. The Morgan fingerprint density at radius 2 is 2.06 bits per heavy atom. The Balaban J connectivity index is 1.57. The summed E-state index contributed by atoms with van der Waals surface area (Å²) in [6.07, 6.45) is 6.41. The maximum atomic E-state index is 11.8. The van der Waals surface area contributed by atoms with Gasteiger partial charge in [0.1, 0.15) is 5.92 Å². The van der Waals surface area contributed by atoms with Crippen molar-refractivity contribution in [3.05, 3.63) is 0 Å². The zero-order chi connectivity index (χ0) is 11.8. The fourth-order valence-corrected chi connectivity index (χ4v) is 3.23. The predicted octanol–water partition coefficient (Wildman–Crippen LogP) is 1.10. The summed E-state index contributed by atoms with van der Waals surface area (Å²) in [6, 6.07) is 0.181. The van der Waals surface area contributed by atoms with E-state index >= 15 is 0 Å². The smallest absolute Gasteiger partial charge is 0.313 e. The molecule has 17 heavy (non-hydrogen) atoms. The van der Waals surface area contributed by atoms with E-state index < -0.39 is 0 Å². The van der Waals surface area contributed by atoms with Gasteiger partial charge in [-0.2, -0.15) is 0 Å². The van der Waals surface area contributed by atoms with Gasteiger partial charge in [0.2, 0.25) is 0 Å². The standard InChI is InChI=1S/C13H21NO3/c1-16-13(15)11-9-4-5-10(17-9)12(11)14-7-6-8-2-3-8/h8-12,14H,2-7H2,1H3. The van der Waals surface area contributed by atoms with Crippen molar-refractivity contribution in [1.29, 1.82) is 0 Å². The van der Waals surface area contributed by atoms with Crippen molar-refractivity contribution < 1.29 is 14.3 Å². The second-order valence-corrected chi connectivity index (χ2v) is 5.55. The summed E-state index contributed by atoms with van der Waals surface area (Å²) in [5, 5.41) is 3.52. The highest BCUT2D eigenvalue weighted by Gasteiger charge is 2.52. The molecule has 1 aliphatic carbocycles. The molecule has 1 saturated carbocycles. The summed E-state index contributed by atoms with van der Waals surface area (Å²) < 4.78 is 10.7. The minimum Gasteiger partial charge on any atom is -0.469 e. The van der Waals surface area contributed by atoms with E-state index in [2.05, 4.69) is 5.32 Å². The van der Waals surface area contributed by atoms with E-state index in [4.69, 9.17) is 9.47 Å². The summed E-state index contributed by atoms with van der Waals surface area (Å²) in [5.74, 6) is 0.734. The molecule has 4 unspecified atom stereocenters. The normalized spacial score (nSPS) is 39.6. The third kappa shape index (κ3) is 2.20. The van der Waals surface area contributed by atoms with Crippen molar-refractivity contribution in [1.82, 2.24) is 5.32 Å². The second-order valence-electron chi connectivity index (χ2n) is 5.55. The first-order chi connectivity index (χ1) is 8.29. The number of carbonyl (C=O) groups excluding carboxylic acids is 1. The number of hydrogen-bond donors (Lipinski definition) is 1. The van der Waals surface area contributed by atoms with Crippen molar-refractivity contribution in [2.75, 3.05) is 13.7 Å². The van der Waals surface area contributed by atoms with Crippen LogP contribution < -0.4 is 5.32 Å². The lowest BCUT2D eigenvalue weighted by Gasteiger charge is -2.26. The first-order valence-electron chi connectivity index (χ1n) is 6.76. The lowest BCUT2D eigenvalue weighted by molar-refractivity contribution is -0.147. The Labute approximate surface area is 102 Å². The molecule has 0 amide bonds. The fourth-order valence-electron chi connectivity index (χ4n) is 3.23. The third-order valence-electron chi connectivity index (χ3n) is 4.38. The van der Waals surface area contributed by atoms with Crippen LogP contribution in [0.5, 0.6) is 0 Å². The van der Waals surface area contributed by atoms with E-state index in [9.17, 15) is 4.79 Å². The van der Waals surface area contributed by atoms with Gasteiger partial charge < -0.3 is 14.8 Å². The molecule has 0 radical (unpaired) electrons. The van der Waals surface area contributed by atoms with Gasteiger partial charge in [0.15, 0.2) is 0 Å². The first-order valence-corrected chi connectivity index (χ1v) is 6.76. The van der Waals surface area contributed by atoms with E-state index in [1.807, 2.05) is 0 Å². The molecule has 4 atom stereocenters. The van der Waals surface area contributed by atoms with Crippen LogP contribution >= 0.6 is 0 Å². The minimum absolute atomic E-state index is 0.0852. The number of fused-ring (bicyclic) bond motifs is 2. The molecule has 3 fully saturated rings. The van der Waals surface area contributed by atoms with Crippen molar-refractivity contribution >= 4 is 5.97 Å². The number of ether oxygens (including phenoxy) is 2. The van der Waals surface area contributed by atoms with Gasteiger partial charge in [-0.25, -0.2) is 0 Å². The predicted molar refractivity (Wildman–Crippen MR) is 62.5 cm³/mol. The lowest BCUT2D eigenvalue weighted by Crippen LogP contribution is -2.48. The Kier molecular flexibility index (Phi) is 3.09. The van der Waals surface area contributed by atoms with Crippen LogP contribution in [0.2, 0.25) is 0 Å². The number of esters is 1. The molecule has 3 aliphatic rings. The molecule has 0 aromatic rings. The molecule has 0 spiro atoms. The van der Waals surface area contributed by atoms with Crippen LogP contribution in [0.4, 0.5) is 0 Å². The van der Waals surface area contributed by atoms with Gasteiger partial charge in [-0.1, -0.05) is 12.8 Å². The highest BCUT2D eigenvalue weighted by atomic mass is 16.5. The van der Waals surface area contributed by atoms with E-state index in [-0.39, 0.29) is 30.1 Å². The van der Waals surface area contributed by atoms with Crippen LogP contribution in [0.25, 0.3) is 0 Å². The molecular weight excluding hydrogens is 218 g/mol. The van der Waals surface area contributed by atoms with Crippen LogP contribution in [0.3, 0.4) is 0 Å². The zero-order valence-electron chi connectivity index (χ0n) is 10.4. The van der Waals surface area contributed by atoms with Crippen LogP contribution in [0.1, 0.15) is 32.1 Å². The van der Waals surface area contributed by atoms with Crippen LogP contribution in [0.15, 0.2) is 0 Å². The molecule has 2 aliphatic heterocycles. The lowest BCUT2D eigenvalue weighted by atomic mass is 9.84. The Hall–Kier alpha value is -0.610. The molecule has 1 N–H and O–H groups in total. The molecule has 96 valence electrons. The first kappa shape index (κ1) is 11.5.